The topological polar surface area (TPSA) is 107 Å². The molecule has 0 atom stereocenters. The van der Waals surface area contributed by atoms with Crippen molar-refractivity contribution in [2.45, 2.75) is 13.5 Å². The molecule has 158 valence electrons. The number of nitrogens with zero attached hydrogens (tertiary/aromatic N) is 6. The molecular formula is C20H27N9O. The monoisotopic (exact) mass is 409 g/mol. The number of aromatic nitrogens is 5. The van der Waals surface area contributed by atoms with Crippen LogP contribution in [-0.4, -0.2) is 68.8 Å². The molecule has 1 aliphatic rings. The summed E-state index contributed by atoms with van der Waals surface area (Å²) in [5.41, 5.74) is 3.57. The predicted molar refractivity (Wildman–Crippen MR) is 115 cm³/mol. The Morgan fingerprint density at radius 3 is 2.70 bits per heavy atom. The minimum atomic E-state index is -0.161. The number of anilines is 3. The van der Waals surface area contributed by atoms with Gasteiger partial charge in [-0.15, -0.1) is 0 Å². The van der Waals surface area contributed by atoms with Gasteiger partial charge in [0, 0.05) is 65.3 Å². The number of hydrogen-bond donors (Lipinski definition) is 3. The largest absolute Gasteiger partial charge is 0.368 e. The summed E-state index contributed by atoms with van der Waals surface area (Å²) in [4.78, 5) is 28.2. The third kappa shape index (κ3) is 4.28. The molecule has 30 heavy (non-hydrogen) atoms. The van der Waals surface area contributed by atoms with E-state index in [9.17, 15) is 4.79 Å². The zero-order valence-electron chi connectivity index (χ0n) is 17.5. The second kappa shape index (κ2) is 8.54. The highest BCUT2D eigenvalue weighted by Gasteiger charge is 2.21. The lowest BCUT2D eigenvalue weighted by Gasteiger charge is -2.36. The highest BCUT2D eigenvalue weighted by Crippen LogP contribution is 2.21. The molecule has 1 amide bonds. The molecule has 3 aromatic heterocycles. The minimum Gasteiger partial charge on any atom is -0.368 e. The van der Waals surface area contributed by atoms with Gasteiger partial charge in [-0.05, 0) is 19.1 Å². The first-order valence-corrected chi connectivity index (χ1v) is 10.00. The number of rotatable bonds is 6. The average Bonchev–Trinajstić information content (AvgIpc) is 3.38. The molecule has 1 aliphatic heterocycles. The first-order chi connectivity index (χ1) is 14.5. The van der Waals surface area contributed by atoms with Gasteiger partial charge >= 0.3 is 0 Å². The van der Waals surface area contributed by atoms with Gasteiger partial charge in [0.05, 0.1) is 17.1 Å². The van der Waals surface area contributed by atoms with Crippen LogP contribution in [0.2, 0.25) is 0 Å². The van der Waals surface area contributed by atoms with Crippen molar-refractivity contribution >= 4 is 23.4 Å². The van der Waals surface area contributed by atoms with E-state index in [1.807, 2.05) is 24.7 Å². The molecular weight excluding hydrogens is 382 g/mol. The Balaban J connectivity index is 1.35. The molecule has 10 heteroatoms. The Morgan fingerprint density at radius 1 is 1.23 bits per heavy atom. The van der Waals surface area contributed by atoms with E-state index in [2.05, 4.69) is 46.6 Å². The number of imidazole rings is 1. The van der Waals surface area contributed by atoms with Gasteiger partial charge in [0.2, 0.25) is 5.95 Å². The number of nitrogens with one attached hydrogen (secondary N) is 3. The smallest absolute Gasteiger partial charge is 0.269 e. The summed E-state index contributed by atoms with van der Waals surface area (Å²) in [5.74, 6) is 1.30. The van der Waals surface area contributed by atoms with Gasteiger partial charge in [-0.2, -0.15) is 5.10 Å². The minimum absolute atomic E-state index is 0.161. The summed E-state index contributed by atoms with van der Waals surface area (Å²) in [6.07, 6.45) is 3.48. The number of pyridine rings is 1. The first-order valence-electron chi connectivity index (χ1n) is 10.00. The summed E-state index contributed by atoms with van der Waals surface area (Å²) in [5, 5.41) is 10.3. The molecule has 0 radical (unpaired) electrons. The normalized spacial score (nSPS) is 14.7. The number of amides is 1. The van der Waals surface area contributed by atoms with E-state index in [0.29, 0.717) is 11.6 Å². The fourth-order valence-corrected chi connectivity index (χ4v) is 3.69. The van der Waals surface area contributed by atoms with Crippen molar-refractivity contribution in [3.8, 4) is 0 Å². The van der Waals surface area contributed by atoms with Crippen LogP contribution in [0.25, 0.3) is 0 Å². The fraction of sp³-hybridized carbons (Fsp3) is 0.400. The second-order valence-corrected chi connectivity index (χ2v) is 7.35. The van der Waals surface area contributed by atoms with E-state index >= 15 is 0 Å². The summed E-state index contributed by atoms with van der Waals surface area (Å²) >= 11 is 0. The van der Waals surface area contributed by atoms with Gasteiger partial charge in [-0.1, -0.05) is 0 Å². The van der Waals surface area contributed by atoms with Crippen LogP contribution in [0.3, 0.4) is 0 Å². The number of carbonyl (C=O) groups excluding carboxylic acids is 1. The van der Waals surface area contributed by atoms with Gasteiger partial charge in [-0.25, -0.2) is 9.97 Å². The molecule has 0 saturated carbocycles. The van der Waals surface area contributed by atoms with E-state index in [-0.39, 0.29) is 5.91 Å². The molecule has 4 heterocycles. The number of H-pyrrole nitrogens is 1. The number of piperazine rings is 1. The van der Waals surface area contributed by atoms with Crippen molar-refractivity contribution in [3.63, 3.8) is 0 Å². The number of hydrogen-bond acceptors (Lipinski definition) is 7. The van der Waals surface area contributed by atoms with Crippen molar-refractivity contribution in [1.29, 1.82) is 0 Å². The lowest BCUT2D eigenvalue weighted by molar-refractivity contribution is 0.0958. The standard InChI is InChI=1S/C20H27N9O/c1-14-17(5-4-16(24-14)19(30)21-2)29-10-8-28(9-11-29)13-15-12-18(26-27(15)3)25-20-22-6-7-23-20/h4-7,12H,8-11,13H2,1-3H3,(H,21,30)(H2,22,23,25,26). The van der Waals surface area contributed by atoms with E-state index < -0.39 is 0 Å². The van der Waals surface area contributed by atoms with Crippen molar-refractivity contribution in [2.24, 2.45) is 7.05 Å². The summed E-state index contributed by atoms with van der Waals surface area (Å²) < 4.78 is 1.91. The van der Waals surface area contributed by atoms with Gasteiger partial charge in [-0.3, -0.25) is 14.4 Å². The van der Waals surface area contributed by atoms with Crippen molar-refractivity contribution < 1.29 is 4.79 Å². The van der Waals surface area contributed by atoms with Gasteiger partial charge in [0.25, 0.3) is 5.91 Å². The zero-order valence-corrected chi connectivity index (χ0v) is 17.5. The molecule has 10 nitrogen and oxygen atoms in total. The van der Waals surface area contributed by atoms with Gasteiger partial charge < -0.3 is 20.5 Å². The Morgan fingerprint density at radius 2 is 2.03 bits per heavy atom. The van der Waals surface area contributed by atoms with Crippen molar-refractivity contribution in [3.05, 3.63) is 47.7 Å². The average molecular weight is 409 g/mol. The molecule has 4 rings (SSSR count). The van der Waals surface area contributed by atoms with Crippen molar-refractivity contribution in [2.75, 3.05) is 43.4 Å². The Hall–Kier alpha value is -3.40. The van der Waals surface area contributed by atoms with Crippen LogP contribution < -0.4 is 15.5 Å². The quantitative estimate of drug-likeness (QED) is 0.563. The first kappa shape index (κ1) is 19.9. The lowest BCUT2D eigenvalue weighted by atomic mass is 10.2. The summed E-state index contributed by atoms with van der Waals surface area (Å²) in [7, 11) is 3.58. The maximum Gasteiger partial charge on any atom is 0.269 e. The molecule has 0 aromatic carbocycles. The maximum atomic E-state index is 11.8. The van der Waals surface area contributed by atoms with E-state index in [4.69, 9.17) is 0 Å². The Labute approximate surface area is 175 Å². The number of aryl methyl sites for hydroxylation is 2. The SMILES string of the molecule is CNC(=O)c1ccc(N2CCN(Cc3cc(Nc4ncc[nH]4)nn3C)CC2)c(C)n1. The molecule has 1 saturated heterocycles. The maximum absolute atomic E-state index is 11.8. The molecule has 3 aromatic rings. The molecule has 0 aliphatic carbocycles. The summed E-state index contributed by atoms with van der Waals surface area (Å²) in [6, 6.07) is 5.84. The van der Waals surface area contributed by atoms with E-state index in [1.165, 1.54) is 0 Å². The molecule has 0 bridgehead atoms. The van der Waals surface area contributed by atoms with E-state index in [0.717, 1.165) is 55.6 Å². The van der Waals surface area contributed by atoms with Crippen LogP contribution in [-0.2, 0) is 13.6 Å². The zero-order chi connectivity index (χ0) is 21.1. The van der Waals surface area contributed by atoms with Gasteiger partial charge in [0.1, 0.15) is 5.69 Å². The Kier molecular flexibility index (Phi) is 5.66. The van der Waals surface area contributed by atoms with Crippen LogP contribution in [0.4, 0.5) is 17.5 Å². The van der Waals surface area contributed by atoms with E-state index in [1.54, 1.807) is 25.5 Å². The van der Waals surface area contributed by atoms with Crippen LogP contribution in [0.5, 0.6) is 0 Å². The molecule has 0 spiro atoms. The summed E-state index contributed by atoms with van der Waals surface area (Å²) in [6.45, 7) is 6.52. The molecule has 3 N–H and O–H groups in total. The predicted octanol–water partition coefficient (Wildman–Crippen LogP) is 1.27. The lowest BCUT2D eigenvalue weighted by Crippen LogP contribution is -2.46. The number of carbonyl (C=O) groups is 1. The Bertz CT molecular complexity index is 1000. The van der Waals surface area contributed by atoms with Gasteiger partial charge in [0.15, 0.2) is 5.82 Å². The highest BCUT2D eigenvalue weighted by molar-refractivity contribution is 5.92. The third-order valence-electron chi connectivity index (χ3n) is 5.34. The third-order valence-corrected chi connectivity index (χ3v) is 5.34. The van der Waals surface area contributed by atoms with Crippen molar-refractivity contribution in [1.82, 2.24) is 34.9 Å². The highest BCUT2D eigenvalue weighted by atomic mass is 16.1. The van der Waals surface area contributed by atoms with Crippen LogP contribution in [0, 0.1) is 6.92 Å². The molecule has 1 fully saturated rings. The van der Waals surface area contributed by atoms with Crippen LogP contribution in [0.15, 0.2) is 30.6 Å². The second-order valence-electron chi connectivity index (χ2n) is 7.35. The number of aromatic amines is 1. The van der Waals surface area contributed by atoms with Crippen LogP contribution >= 0.6 is 0 Å². The van der Waals surface area contributed by atoms with Crippen LogP contribution in [0.1, 0.15) is 21.9 Å². The molecule has 0 unspecified atom stereocenters. The fourth-order valence-electron chi connectivity index (χ4n) is 3.69.